The van der Waals surface area contributed by atoms with Crippen molar-refractivity contribution in [2.24, 2.45) is 17.4 Å². The summed E-state index contributed by atoms with van der Waals surface area (Å²) in [6.45, 7) is 6.43. The van der Waals surface area contributed by atoms with Gasteiger partial charge in [-0.25, -0.2) is 0 Å². The highest BCUT2D eigenvalue weighted by Crippen LogP contribution is 2.16. The molecule has 20 heavy (non-hydrogen) atoms. The van der Waals surface area contributed by atoms with Crippen molar-refractivity contribution in [3.63, 3.8) is 0 Å². The van der Waals surface area contributed by atoms with Gasteiger partial charge in [-0.05, 0) is 37.5 Å². The average Bonchev–Trinajstić information content (AvgIpc) is 2.37. The van der Waals surface area contributed by atoms with Gasteiger partial charge in [-0.2, -0.15) is 0 Å². The molecule has 0 heterocycles. The maximum Gasteiger partial charge on any atom is 0.251 e. The number of primary amides is 1. The van der Waals surface area contributed by atoms with Gasteiger partial charge in [-0.3, -0.25) is 9.59 Å². The Hall–Kier alpha value is -1.88. The first-order valence-corrected chi connectivity index (χ1v) is 6.70. The van der Waals surface area contributed by atoms with Gasteiger partial charge in [0.05, 0.1) is 0 Å². The predicted molar refractivity (Wildman–Crippen MR) is 79.3 cm³/mol. The minimum atomic E-state index is -0.552. The van der Waals surface area contributed by atoms with Crippen LogP contribution in [0.3, 0.4) is 0 Å². The number of hydrogen-bond donors (Lipinski definition) is 3. The van der Waals surface area contributed by atoms with Gasteiger partial charge in [0.1, 0.15) is 0 Å². The van der Waals surface area contributed by atoms with E-state index < -0.39 is 11.4 Å². The maximum absolute atomic E-state index is 12.3. The minimum Gasteiger partial charge on any atom is -0.366 e. The Morgan fingerprint density at radius 2 is 1.90 bits per heavy atom. The highest BCUT2D eigenvalue weighted by Gasteiger charge is 2.26. The molecule has 0 saturated carbocycles. The number of rotatable bonds is 6. The quantitative estimate of drug-likeness (QED) is 0.730. The lowest BCUT2D eigenvalue weighted by molar-refractivity contribution is 0.0898. The van der Waals surface area contributed by atoms with E-state index in [1.165, 1.54) is 6.07 Å². The molecule has 5 heteroatoms. The van der Waals surface area contributed by atoms with E-state index in [1.54, 1.807) is 18.2 Å². The highest BCUT2D eigenvalue weighted by atomic mass is 16.2. The fourth-order valence-electron chi connectivity index (χ4n) is 2.25. The molecule has 0 fully saturated rings. The van der Waals surface area contributed by atoms with Crippen LogP contribution in [0.1, 0.15) is 47.9 Å². The van der Waals surface area contributed by atoms with Crippen LogP contribution in [-0.2, 0) is 0 Å². The topological polar surface area (TPSA) is 98.2 Å². The first-order valence-electron chi connectivity index (χ1n) is 6.70. The molecule has 0 aliphatic heterocycles. The number of nitrogens with two attached hydrogens (primary N) is 2. The molecule has 0 spiro atoms. The molecule has 0 aliphatic carbocycles. The fraction of sp³-hybridized carbons (Fsp3) is 0.467. The number of benzene rings is 1. The molecule has 1 rings (SSSR count). The molecule has 0 aliphatic rings. The molecular formula is C15H23N3O2. The normalized spacial score (nSPS) is 13.8. The van der Waals surface area contributed by atoms with E-state index in [0.717, 1.165) is 6.42 Å². The lowest BCUT2D eigenvalue weighted by atomic mass is 9.90. The molecule has 0 radical (unpaired) electrons. The summed E-state index contributed by atoms with van der Waals surface area (Å²) in [6, 6.07) is 6.35. The first kappa shape index (κ1) is 16.2. The zero-order chi connectivity index (χ0) is 15.3. The monoisotopic (exact) mass is 277 g/mol. The van der Waals surface area contributed by atoms with Crippen LogP contribution < -0.4 is 16.8 Å². The SMILES string of the molecule is CC(C)CC(C)(CN)NC(=O)c1cccc(C(N)=O)c1. The molecule has 110 valence electrons. The van der Waals surface area contributed by atoms with Crippen LogP contribution in [0.5, 0.6) is 0 Å². The second-order valence-electron chi connectivity index (χ2n) is 5.76. The van der Waals surface area contributed by atoms with E-state index >= 15 is 0 Å². The van der Waals surface area contributed by atoms with Gasteiger partial charge in [0, 0.05) is 23.2 Å². The van der Waals surface area contributed by atoms with E-state index in [-0.39, 0.29) is 5.91 Å². The predicted octanol–water partition coefficient (Wildman–Crippen LogP) is 1.28. The molecule has 2 amide bonds. The standard InChI is InChI=1S/C15H23N3O2/c1-10(2)8-15(3,9-16)18-14(20)12-6-4-5-11(7-12)13(17)19/h4-7,10H,8-9,16H2,1-3H3,(H2,17,19)(H,18,20). The van der Waals surface area contributed by atoms with Crippen LogP contribution in [0.15, 0.2) is 24.3 Å². The van der Waals surface area contributed by atoms with Crippen molar-refractivity contribution in [1.82, 2.24) is 5.32 Å². The lowest BCUT2D eigenvalue weighted by Gasteiger charge is -2.31. The molecule has 0 aromatic heterocycles. The third-order valence-electron chi connectivity index (χ3n) is 3.13. The number of amides is 2. The average molecular weight is 277 g/mol. The number of carbonyl (C=O) groups is 2. The van der Waals surface area contributed by atoms with E-state index in [4.69, 9.17) is 11.5 Å². The first-order chi connectivity index (χ1) is 9.27. The van der Waals surface area contributed by atoms with Gasteiger partial charge < -0.3 is 16.8 Å². The van der Waals surface area contributed by atoms with Crippen molar-refractivity contribution in [3.05, 3.63) is 35.4 Å². The Labute approximate surface area is 119 Å². The van der Waals surface area contributed by atoms with E-state index in [1.807, 2.05) is 6.92 Å². The van der Waals surface area contributed by atoms with Gasteiger partial charge in [0.25, 0.3) is 5.91 Å². The lowest BCUT2D eigenvalue weighted by Crippen LogP contribution is -2.52. The van der Waals surface area contributed by atoms with Gasteiger partial charge in [-0.1, -0.05) is 19.9 Å². The van der Waals surface area contributed by atoms with Gasteiger partial charge in [-0.15, -0.1) is 0 Å². The third kappa shape index (κ3) is 4.35. The number of hydrogen-bond acceptors (Lipinski definition) is 3. The van der Waals surface area contributed by atoms with Crippen molar-refractivity contribution < 1.29 is 9.59 Å². The zero-order valence-corrected chi connectivity index (χ0v) is 12.3. The van der Waals surface area contributed by atoms with Crippen molar-refractivity contribution in [1.29, 1.82) is 0 Å². The molecule has 0 bridgehead atoms. The second-order valence-corrected chi connectivity index (χ2v) is 5.76. The fourth-order valence-corrected chi connectivity index (χ4v) is 2.25. The number of carbonyl (C=O) groups excluding carboxylic acids is 2. The van der Waals surface area contributed by atoms with Crippen LogP contribution in [0.25, 0.3) is 0 Å². The van der Waals surface area contributed by atoms with Crippen LogP contribution in [0, 0.1) is 5.92 Å². The zero-order valence-electron chi connectivity index (χ0n) is 12.3. The molecule has 5 N–H and O–H groups in total. The summed E-state index contributed by atoms with van der Waals surface area (Å²) >= 11 is 0. The van der Waals surface area contributed by atoms with E-state index in [0.29, 0.717) is 23.6 Å². The molecule has 1 aromatic rings. The largest absolute Gasteiger partial charge is 0.366 e. The highest BCUT2D eigenvalue weighted by molar-refractivity contribution is 5.99. The maximum atomic E-state index is 12.3. The van der Waals surface area contributed by atoms with Gasteiger partial charge in [0.2, 0.25) is 5.91 Å². The Kier molecular flexibility index (Phi) is 5.27. The van der Waals surface area contributed by atoms with Crippen molar-refractivity contribution in [2.45, 2.75) is 32.7 Å². The van der Waals surface area contributed by atoms with Gasteiger partial charge in [0.15, 0.2) is 0 Å². The summed E-state index contributed by atoms with van der Waals surface area (Å²) in [6.07, 6.45) is 0.782. The third-order valence-corrected chi connectivity index (χ3v) is 3.13. The Morgan fingerprint density at radius 1 is 1.30 bits per heavy atom. The van der Waals surface area contributed by atoms with Crippen molar-refractivity contribution >= 4 is 11.8 Å². The van der Waals surface area contributed by atoms with Crippen molar-refractivity contribution in [2.75, 3.05) is 6.54 Å². The molecule has 1 atom stereocenters. The second kappa shape index (κ2) is 6.52. The number of nitrogens with one attached hydrogen (secondary N) is 1. The smallest absolute Gasteiger partial charge is 0.251 e. The minimum absolute atomic E-state index is 0.248. The summed E-state index contributed by atoms with van der Waals surface area (Å²) in [4.78, 5) is 23.4. The van der Waals surface area contributed by atoms with E-state index in [2.05, 4.69) is 19.2 Å². The molecular weight excluding hydrogens is 254 g/mol. The summed E-state index contributed by atoms with van der Waals surface area (Å²) in [5.74, 6) is -0.383. The summed E-state index contributed by atoms with van der Waals surface area (Å²) < 4.78 is 0. The summed E-state index contributed by atoms with van der Waals surface area (Å²) in [5.41, 5.74) is 11.2. The molecule has 1 aromatic carbocycles. The Bertz CT molecular complexity index is 500. The van der Waals surface area contributed by atoms with Crippen LogP contribution in [0.2, 0.25) is 0 Å². The van der Waals surface area contributed by atoms with Gasteiger partial charge >= 0.3 is 0 Å². The van der Waals surface area contributed by atoms with Crippen LogP contribution >= 0.6 is 0 Å². The summed E-state index contributed by atoms with van der Waals surface area (Å²) in [5, 5.41) is 2.94. The summed E-state index contributed by atoms with van der Waals surface area (Å²) in [7, 11) is 0. The van der Waals surface area contributed by atoms with E-state index in [9.17, 15) is 9.59 Å². The molecule has 5 nitrogen and oxygen atoms in total. The Morgan fingerprint density at radius 3 is 2.40 bits per heavy atom. The molecule has 0 saturated heterocycles. The van der Waals surface area contributed by atoms with Crippen LogP contribution in [-0.4, -0.2) is 23.9 Å². The molecule has 1 unspecified atom stereocenters. The van der Waals surface area contributed by atoms with Crippen LogP contribution in [0.4, 0.5) is 0 Å². The van der Waals surface area contributed by atoms with Crippen molar-refractivity contribution in [3.8, 4) is 0 Å². The Balaban J connectivity index is 2.89.